The van der Waals surface area contributed by atoms with Gasteiger partial charge in [0, 0.05) is 23.7 Å². The standard InChI is InChI=1S/C18H19Cl2NO3/c1-23-8-9-24-16-6-2-13(3-7-16)12-21-18(22)10-14-4-5-15(19)11-17(14)20/h2-7,11H,8-10,12H2,1H3,(H,21,22). The van der Waals surface area contributed by atoms with Crippen molar-refractivity contribution in [2.75, 3.05) is 20.3 Å². The molecule has 0 aliphatic heterocycles. The summed E-state index contributed by atoms with van der Waals surface area (Å²) in [6.45, 7) is 1.50. The summed E-state index contributed by atoms with van der Waals surface area (Å²) >= 11 is 11.9. The van der Waals surface area contributed by atoms with Gasteiger partial charge in [0.1, 0.15) is 12.4 Å². The summed E-state index contributed by atoms with van der Waals surface area (Å²) in [6.07, 6.45) is 0.216. The Morgan fingerprint density at radius 2 is 1.83 bits per heavy atom. The van der Waals surface area contributed by atoms with Crippen LogP contribution in [0.3, 0.4) is 0 Å². The van der Waals surface area contributed by atoms with E-state index in [9.17, 15) is 4.79 Å². The van der Waals surface area contributed by atoms with Crippen molar-refractivity contribution in [1.29, 1.82) is 0 Å². The number of nitrogens with one attached hydrogen (secondary N) is 1. The van der Waals surface area contributed by atoms with Gasteiger partial charge in [-0.25, -0.2) is 0 Å². The molecule has 4 nitrogen and oxygen atoms in total. The topological polar surface area (TPSA) is 47.6 Å². The zero-order chi connectivity index (χ0) is 17.4. The fourth-order valence-corrected chi connectivity index (χ4v) is 2.52. The van der Waals surface area contributed by atoms with Gasteiger partial charge < -0.3 is 14.8 Å². The van der Waals surface area contributed by atoms with Crippen LogP contribution in [0.2, 0.25) is 10.0 Å². The highest BCUT2D eigenvalue weighted by atomic mass is 35.5. The van der Waals surface area contributed by atoms with E-state index in [1.165, 1.54) is 0 Å². The maximum Gasteiger partial charge on any atom is 0.224 e. The highest BCUT2D eigenvalue weighted by molar-refractivity contribution is 6.35. The van der Waals surface area contributed by atoms with E-state index in [0.29, 0.717) is 29.8 Å². The summed E-state index contributed by atoms with van der Waals surface area (Å²) in [5.74, 6) is 0.676. The minimum absolute atomic E-state index is 0.0976. The van der Waals surface area contributed by atoms with Gasteiger partial charge in [0.15, 0.2) is 0 Å². The fourth-order valence-electron chi connectivity index (χ4n) is 2.05. The number of ether oxygens (including phenoxy) is 2. The molecule has 0 radical (unpaired) electrons. The Hall–Kier alpha value is -1.75. The number of halogens is 2. The van der Waals surface area contributed by atoms with Gasteiger partial charge in [-0.05, 0) is 35.4 Å². The SMILES string of the molecule is COCCOc1ccc(CNC(=O)Cc2ccc(Cl)cc2Cl)cc1. The lowest BCUT2D eigenvalue weighted by molar-refractivity contribution is -0.120. The molecule has 0 unspecified atom stereocenters. The maximum absolute atomic E-state index is 12.0. The van der Waals surface area contributed by atoms with Crippen molar-refractivity contribution in [2.45, 2.75) is 13.0 Å². The summed E-state index contributed by atoms with van der Waals surface area (Å²) in [7, 11) is 1.63. The largest absolute Gasteiger partial charge is 0.491 e. The molecule has 6 heteroatoms. The lowest BCUT2D eigenvalue weighted by Crippen LogP contribution is -2.24. The number of amides is 1. The van der Waals surface area contributed by atoms with E-state index < -0.39 is 0 Å². The van der Waals surface area contributed by atoms with E-state index in [4.69, 9.17) is 32.7 Å². The van der Waals surface area contributed by atoms with E-state index in [2.05, 4.69) is 5.32 Å². The number of hydrogen-bond donors (Lipinski definition) is 1. The predicted molar refractivity (Wildman–Crippen MR) is 95.8 cm³/mol. The molecule has 0 atom stereocenters. The first kappa shape index (κ1) is 18.6. The Morgan fingerprint density at radius 1 is 1.08 bits per heavy atom. The molecule has 0 aliphatic carbocycles. The van der Waals surface area contributed by atoms with Crippen LogP contribution in [0, 0.1) is 0 Å². The molecule has 0 aromatic heterocycles. The van der Waals surface area contributed by atoms with Gasteiger partial charge >= 0.3 is 0 Å². The lowest BCUT2D eigenvalue weighted by atomic mass is 10.1. The third-order valence-electron chi connectivity index (χ3n) is 3.34. The smallest absolute Gasteiger partial charge is 0.224 e. The van der Waals surface area contributed by atoms with Gasteiger partial charge in [-0.1, -0.05) is 41.4 Å². The predicted octanol–water partition coefficient (Wildman–Crippen LogP) is 3.88. The Kier molecular flexibility index (Phi) is 7.37. The molecule has 0 saturated carbocycles. The van der Waals surface area contributed by atoms with Gasteiger partial charge in [0.25, 0.3) is 0 Å². The van der Waals surface area contributed by atoms with Crippen LogP contribution >= 0.6 is 23.2 Å². The summed E-state index contributed by atoms with van der Waals surface area (Å²) in [4.78, 5) is 12.0. The summed E-state index contributed by atoms with van der Waals surface area (Å²) in [6, 6.07) is 12.7. The molecule has 0 heterocycles. The molecule has 2 aromatic carbocycles. The highest BCUT2D eigenvalue weighted by Gasteiger charge is 2.07. The first-order valence-corrected chi connectivity index (χ1v) is 8.25. The second-order valence-electron chi connectivity index (χ2n) is 5.17. The third-order valence-corrected chi connectivity index (χ3v) is 3.92. The molecule has 1 N–H and O–H groups in total. The van der Waals surface area contributed by atoms with Crippen LogP contribution in [-0.4, -0.2) is 26.2 Å². The van der Waals surface area contributed by atoms with Crippen LogP contribution in [0.1, 0.15) is 11.1 Å². The maximum atomic E-state index is 12.0. The quantitative estimate of drug-likeness (QED) is 0.720. The second kappa shape index (κ2) is 9.52. The average Bonchev–Trinajstić information content (AvgIpc) is 2.57. The van der Waals surface area contributed by atoms with Gasteiger partial charge in [0.05, 0.1) is 13.0 Å². The summed E-state index contributed by atoms with van der Waals surface area (Å²) in [5.41, 5.74) is 1.74. The molecule has 0 bridgehead atoms. The van der Waals surface area contributed by atoms with Crippen molar-refractivity contribution >= 4 is 29.1 Å². The normalized spacial score (nSPS) is 10.5. The van der Waals surface area contributed by atoms with Crippen molar-refractivity contribution in [1.82, 2.24) is 5.32 Å². The Balaban J connectivity index is 1.81. The number of methoxy groups -OCH3 is 1. The number of rotatable bonds is 8. The van der Waals surface area contributed by atoms with Crippen LogP contribution in [0.5, 0.6) is 5.75 Å². The molecule has 24 heavy (non-hydrogen) atoms. The van der Waals surface area contributed by atoms with Gasteiger partial charge in [0.2, 0.25) is 5.91 Å². The van der Waals surface area contributed by atoms with E-state index >= 15 is 0 Å². The zero-order valence-electron chi connectivity index (χ0n) is 13.4. The van der Waals surface area contributed by atoms with Crippen molar-refractivity contribution < 1.29 is 14.3 Å². The van der Waals surface area contributed by atoms with Crippen LogP contribution in [0.4, 0.5) is 0 Å². The monoisotopic (exact) mass is 367 g/mol. The zero-order valence-corrected chi connectivity index (χ0v) is 14.9. The Bertz CT molecular complexity index is 674. The number of carbonyl (C=O) groups excluding carboxylic acids is 1. The average molecular weight is 368 g/mol. The molecular formula is C18H19Cl2NO3. The number of carbonyl (C=O) groups is 1. The highest BCUT2D eigenvalue weighted by Crippen LogP contribution is 2.21. The van der Waals surface area contributed by atoms with E-state index in [0.717, 1.165) is 16.9 Å². The molecule has 0 spiro atoms. The molecule has 2 aromatic rings. The lowest BCUT2D eigenvalue weighted by Gasteiger charge is -2.09. The van der Waals surface area contributed by atoms with Crippen LogP contribution < -0.4 is 10.1 Å². The Labute approximate surface area is 151 Å². The summed E-state index contributed by atoms with van der Waals surface area (Å²) in [5, 5.41) is 3.92. The fraction of sp³-hybridized carbons (Fsp3) is 0.278. The van der Waals surface area contributed by atoms with Crippen LogP contribution in [-0.2, 0) is 22.5 Å². The first-order chi connectivity index (χ1) is 11.6. The van der Waals surface area contributed by atoms with Crippen molar-refractivity contribution in [3.05, 3.63) is 63.6 Å². The minimum atomic E-state index is -0.0976. The van der Waals surface area contributed by atoms with Crippen LogP contribution in [0.25, 0.3) is 0 Å². The molecule has 1 amide bonds. The molecular weight excluding hydrogens is 349 g/mol. The van der Waals surface area contributed by atoms with Crippen molar-refractivity contribution in [3.63, 3.8) is 0 Å². The van der Waals surface area contributed by atoms with Gasteiger partial charge in [-0.15, -0.1) is 0 Å². The van der Waals surface area contributed by atoms with Crippen LogP contribution in [0.15, 0.2) is 42.5 Å². The second-order valence-corrected chi connectivity index (χ2v) is 6.02. The van der Waals surface area contributed by atoms with Gasteiger partial charge in [-0.2, -0.15) is 0 Å². The molecule has 0 fully saturated rings. The third kappa shape index (κ3) is 6.04. The Morgan fingerprint density at radius 3 is 2.50 bits per heavy atom. The minimum Gasteiger partial charge on any atom is -0.491 e. The summed E-state index contributed by atoms with van der Waals surface area (Å²) < 4.78 is 10.4. The van der Waals surface area contributed by atoms with E-state index in [-0.39, 0.29) is 12.3 Å². The van der Waals surface area contributed by atoms with Crippen molar-refractivity contribution in [2.24, 2.45) is 0 Å². The first-order valence-electron chi connectivity index (χ1n) is 7.50. The molecule has 0 aliphatic rings. The molecule has 2 rings (SSSR count). The number of benzene rings is 2. The van der Waals surface area contributed by atoms with Crippen molar-refractivity contribution in [3.8, 4) is 5.75 Å². The molecule has 128 valence electrons. The van der Waals surface area contributed by atoms with E-state index in [1.807, 2.05) is 24.3 Å². The molecule has 0 saturated heterocycles. The number of hydrogen-bond acceptors (Lipinski definition) is 3. The van der Waals surface area contributed by atoms with Gasteiger partial charge in [-0.3, -0.25) is 4.79 Å². The van der Waals surface area contributed by atoms with E-state index in [1.54, 1.807) is 25.3 Å².